The zero-order valence-electron chi connectivity index (χ0n) is 16.2. The third-order valence-corrected chi connectivity index (χ3v) is 5.24. The molecule has 1 heterocycles. The summed E-state index contributed by atoms with van der Waals surface area (Å²) in [7, 11) is 2.12. The molecule has 3 rings (SSSR count). The van der Waals surface area contributed by atoms with Crippen LogP contribution in [0.5, 0.6) is 0 Å². The van der Waals surface area contributed by atoms with Crippen molar-refractivity contribution in [3.8, 4) is 0 Å². The van der Waals surface area contributed by atoms with Crippen molar-refractivity contribution in [2.75, 3.05) is 18.9 Å². The number of halogens is 1. The van der Waals surface area contributed by atoms with Gasteiger partial charge in [0.25, 0.3) is 0 Å². The molecule has 4 heteroatoms. The van der Waals surface area contributed by atoms with Crippen LogP contribution >= 0.6 is 11.6 Å². The Hall–Kier alpha value is -1.84. The van der Waals surface area contributed by atoms with Crippen molar-refractivity contribution < 1.29 is 4.79 Å². The van der Waals surface area contributed by atoms with E-state index < -0.39 is 5.41 Å². The Morgan fingerprint density at radius 3 is 2.65 bits per heavy atom. The van der Waals surface area contributed by atoms with Gasteiger partial charge in [-0.2, -0.15) is 0 Å². The Balaban J connectivity index is 1.98. The van der Waals surface area contributed by atoms with Gasteiger partial charge in [-0.3, -0.25) is 4.79 Å². The molecule has 0 aromatic heterocycles. The maximum Gasteiger partial charge on any atom is 0.229 e. The molecule has 3 nitrogen and oxygen atoms in total. The van der Waals surface area contributed by atoms with Gasteiger partial charge in [0, 0.05) is 35.1 Å². The number of anilines is 1. The molecule has 0 spiro atoms. The normalized spacial score (nSPS) is 17.7. The lowest BCUT2D eigenvalue weighted by molar-refractivity contribution is -0.123. The molecule has 1 amide bonds. The average molecular weight is 371 g/mol. The summed E-state index contributed by atoms with van der Waals surface area (Å²) in [4.78, 5) is 14.6. The van der Waals surface area contributed by atoms with Crippen LogP contribution < -0.4 is 5.32 Å². The minimum Gasteiger partial charge on any atom is -0.326 e. The largest absolute Gasteiger partial charge is 0.326 e. The van der Waals surface area contributed by atoms with Crippen LogP contribution in [0.15, 0.2) is 36.4 Å². The summed E-state index contributed by atoms with van der Waals surface area (Å²) in [5.74, 6) is 0.266. The maximum atomic E-state index is 12.3. The van der Waals surface area contributed by atoms with Gasteiger partial charge in [-0.1, -0.05) is 50.6 Å². The molecule has 1 aliphatic rings. The van der Waals surface area contributed by atoms with Gasteiger partial charge in [-0.15, -0.1) is 0 Å². The summed E-state index contributed by atoms with van der Waals surface area (Å²) < 4.78 is 0. The first-order valence-corrected chi connectivity index (χ1v) is 9.42. The first kappa shape index (κ1) is 18.9. The average Bonchev–Trinajstić information content (AvgIpc) is 2.54. The van der Waals surface area contributed by atoms with Crippen molar-refractivity contribution in [3.63, 3.8) is 0 Å². The molecular formula is C22H27ClN2O. The molecule has 2 aromatic carbocycles. The van der Waals surface area contributed by atoms with E-state index in [-0.39, 0.29) is 11.8 Å². The van der Waals surface area contributed by atoms with Gasteiger partial charge >= 0.3 is 0 Å². The number of hydrogen-bond acceptors (Lipinski definition) is 2. The highest BCUT2D eigenvalue weighted by molar-refractivity contribution is 6.31. The molecular weight excluding hydrogens is 344 g/mol. The number of carbonyl (C=O) groups excluding carboxylic acids is 1. The van der Waals surface area contributed by atoms with Crippen LogP contribution in [0.2, 0.25) is 5.02 Å². The first-order chi connectivity index (χ1) is 12.1. The minimum atomic E-state index is -0.418. The van der Waals surface area contributed by atoms with E-state index in [0.717, 1.165) is 23.8 Å². The molecule has 0 aliphatic carbocycles. The van der Waals surface area contributed by atoms with E-state index in [4.69, 9.17) is 11.6 Å². The lowest BCUT2D eigenvalue weighted by Gasteiger charge is -2.33. The predicted octanol–water partition coefficient (Wildman–Crippen LogP) is 5.21. The Morgan fingerprint density at radius 1 is 1.23 bits per heavy atom. The SMILES string of the molecule is Cc1cc(Cl)c2c(c1)C(c1cccc(NC(=O)C(C)(C)C)c1)CN(C)C2. The third-order valence-electron chi connectivity index (χ3n) is 4.90. The van der Waals surface area contributed by atoms with E-state index >= 15 is 0 Å². The zero-order chi connectivity index (χ0) is 19.1. The van der Waals surface area contributed by atoms with Crippen LogP contribution in [-0.4, -0.2) is 24.4 Å². The molecule has 26 heavy (non-hydrogen) atoms. The minimum absolute atomic E-state index is 0.0229. The van der Waals surface area contributed by atoms with E-state index in [1.165, 1.54) is 22.3 Å². The van der Waals surface area contributed by atoms with Crippen LogP contribution in [0, 0.1) is 12.3 Å². The number of amides is 1. The first-order valence-electron chi connectivity index (χ1n) is 9.04. The van der Waals surface area contributed by atoms with Crippen LogP contribution in [-0.2, 0) is 11.3 Å². The van der Waals surface area contributed by atoms with Crippen molar-refractivity contribution in [3.05, 3.63) is 63.7 Å². The second-order valence-corrected chi connectivity index (χ2v) is 8.80. The van der Waals surface area contributed by atoms with Gasteiger partial charge in [-0.25, -0.2) is 0 Å². The van der Waals surface area contributed by atoms with Crippen LogP contribution in [0.1, 0.15) is 48.9 Å². The molecule has 0 radical (unpaired) electrons. The maximum absolute atomic E-state index is 12.3. The molecule has 1 N–H and O–H groups in total. The van der Waals surface area contributed by atoms with Crippen LogP contribution in [0.4, 0.5) is 5.69 Å². The highest BCUT2D eigenvalue weighted by Gasteiger charge is 2.27. The third kappa shape index (κ3) is 3.94. The van der Waals surface area contributed by atoms with Gasteiger partial charge < -0.3 is 10.2 Å². The lowest BCUT2D eigenvalue weighted by Crippen LogP contribution is -2.31. The molecule has 1 atom stereocenters. The highest BCUT2D eigenvalue weighted by Crippen LogP contribution is 2.37. The Kier molecular flexibility index (Phi) is 5.14. The standard InChI is InChI=1S/C22H27ClN2O/c1-14-9-17-18(12-25(5)13-19(17)20(23)10-14)15-7-6-8-16(11-15)24-21(26)22(2,3)4/h6-11,18H,12-13H2,1-5H3,(H,24,26). The second-order valence-electron chi connectivity index (χ2n) is 8.39. The number of benzene rings is 2. The molecule has 138 valence electrons. The molecule has 0 fully saturated rings. The fraction of sp³-hybridized carbons (Fsp3) is 0.409. The van der Waals surface area contributed by atoms with Crippen molar-refractivity contribution in [2.24, 2.45) is 5.41 Å². The fourth-order valence-corrected chi connectivity index (χ4v) is 3.80. The van der Waals surface area contributed by atoms with Gasteiger partial charge in [0.1, 0.15) is 0 Å². The number of aryl methyl sites for hydroxylation is 1. The monoisotopic (exact) mass is 370 g/mol. The van der Waals surface area contributed by atoms with Gasteiger partial charge in [0.15, 0.2) is 0 Å². The van der Waals surface area contributed by atoms with Crippen molar-refractivity contribution >= 4 is 23.2 Å². The van der Waals surface area contributed by atoms with Crippen molar-refractivity contribution in [2.45, 2.75) is 40.2 Å². The summed E-state index contributed by atoms with van der Waals surface area (Å²) >= 11 is 6.53. The number of likely N-dealkylation sites (N-methyl/N-ethyl adjacent to an activating group) is 1. The van der Waals surface area contributed by atoms with E-state index in [9.17, 15) is 4.79 Å². The molecule has 0 saturated heterocycles. The van der Waals surface area contributed by atoms with Crippen molar-refractivity contribution in [1.29, 1.82) is 0 Å². The number of nitrogens with one attached hydrogen (secondary N) is 1. The number of nitrogens with zero attached hydrogens (tertiary/aromatic N) is 1. The quantitative estimate of drug-likeness (QED) is 0.786. The highest BCUT2D eigenvalue weighted by atomic mass is 35.5. The summed E-state index contributed by atoms with van der Waals surface area (Å²) in [6, 6.07) is 12.5. The van der Waals surface area contributed by atoms with Gasteiger partial charge in [-0.05, 0) is 54.4 Å². The molecule has 0 saturated carbocycles. The smallest absolute Gasteiger partial charge is 0.229 e. The molecule has 1 unspecified atom stereocenters. The van der Waals surface area contributed by atoms with Crippen molar-refractivity contribution in [1.82, 2.24) is 4.90 Å². The van der Waals surface area contributed by atoms with E-state index in [2.05, 4.69) is 42.4 Å². The number of rotatable bonds is 2. The topological polar surface area (TPSA) is 32.3 Å². The summed E-state index contributed by atoms with van der Waals surface area (Å²) in [5.41, 5.74) is 5.31. The summed E-state index contributed by atoms with van der Waals surface area (Å²) in [5, 5.41) is 3.88. The lowest BCUT2D eigenvalue weighted by atomic mass is 9.83. The summed E-state index contributed by atoms with van der Waals surface area (Å²) in [6.07, 6.45) is 0. The Bertz CT molecular complexity index is 839. The number of hydrogen-bond donors (Lipinski definition) is 1. The Labute approximate surface area is 161 Å². The predicted molar refractivity (Wildman–Crippen MR) is 109 cm³/mol. The fourth-order valence-electron chi connectivity index (χ4n) is 3.46. The zero-order valence-corrected chi connectivity index (χ0v) is 16.9. The molecule has 0 bridgehead atoms. The second kappa shape index (κ2) is 7.05. The van der Waals surface area contributed by atoms with Gasteiger partial charge in [0.2, 0.25) is 5.91 Å². The number of carbonyl (C=O) groups is 1. The van der Waals surface area contributed by atoms with E-state index in [1.54, 1.807) is 0 Å². The Morgan fingerprint density at radius 2 is 1.96 bits per heavy atom. The van der Waals surface area contributed by atoms with Crippen LogP contribution in [0.3, 0.4) is 0 Å². The molecule has 1 aliphatic heterocycles. The van der Waals surface area contributed by atoms with Crippen LogP contribution in [0.25, 0.3) is 0 Å². The number of fused-ring (bicyclic) bond motifs is 1. The van der Waals surface area contributed by atoms with Gasteiger partial charge in [0.05, 0.1) is 0 Å². The van der Waals surface area contributed by atoms with E-state index in [1.807, 2.05) is 39.0 Å². The summed E-state index contributed by atoms with van der Waals surface area (Å²) in [6.45, 7) is 9.65. The van der Waals surface area contributed by atoms with E-state index in [0.29, 0.717) is 0 Å². The molecule has 2 aromatic rings.